The molecule has 1 N–H and O–H groups in total. The van der Waals surface area contributed by atoms with Gasteiger partial charge in [-0.2, -0.15) is 0 Å². The molecule has 2 aromatic carbocycles. The molecule has 2 aliphatic rings. The monoisotopic (exact) mass is 379 g/mol. The van der Waals surface area contributed by atoms with Gasteiger partial charge in [-0.05, 0) is 41.0 Å². The maximum Gasteiger partial charge on any atom is 0.307 e. The molecule has 0 amide bonds. The molecule has 0 saturated carbocycles. The van der Waals surface area contributed by atoms with Crippen molar-refractivity contribution in [3.63, 3.8) is 0 Å². The first-order chi connectivity index (χ1) is 13.4. The molecule has 1 atom stereocenters. The molecule has 0 bridgehead atoms. The van der Waals surface area contributed by atoms with E-state index in [0.29, 0.717) is 6.61 Å². The van der Waals surface area contributed by atoms with E-state index in [-0.39, 0.29) is 11.8 Å². The standard InChI is InChI=1S/C23H25NO4/c1-22(2)19-14-17(15-21(25)26)6-9-20(19)24-12-13-28-23(22,24)11-10-16-4-7-18(27-3)8-5-16/h4-11,14H,12-13,15H2,1-3H3,(H,25,26). The summed E-state index contributed by atoms with van der Waals surface area (Å²) in [5.41, 5.74) is 3.23. The predicted octanol–water partition coefficient (Wildman–Crippen LogP) is 3.86. The predicted molar refractivity (Wildman–Crippen MR) is 109 cm³/mol. The van der Waals surface area contributed by atoms with Crippen molar-refractivity contribution in [3.8, 4) is 5.75 Å². The van der Waals surface area contributed by atoms with Crippen molar-refractivity contribution in [1.82, 2.24) is 0 Å². The number of fused-ring (bicyclic) bond motifs is 3. The lowest BCUT2D eigenvalue weighted by molar-refractivity contribution is -0.136. The molecular weight excluding hydrogens is 354 g/mol. The molecule has 5 nitrogen and oxygen atoms in total. The van der Waals surface area contributed by atoms with Crippen molar-refractivity contribution in [2.75, 3.05) is 25.2 Å². The third-order valence-corrected chi connectivity index (χ3v) is 5.93. The van der Waals surface area contributed by atoms with Gasteiger partial charge in [0.25, 0.3) is 0 Å². The quantitative estimate of drug-likeness (QED) is 0.855. The minimum absolute atomic E-state index is 0.0267. The van der Waals surface area contributed by atoms with Crippen LogP contribution in [-0.2, 0) is 21.4 Å². The smallest absolute Gasteiger partial charge is 0.307 e. The molecule has 0 spiro atoms. The van der Waals surface area contributed by atoms with Gasteiger partial charge in [0, 0.05) is 17.6 Å². The van der Waals surface area contributed by atoms with Gasteiger partial charge in [0.05, 0.1) is 20.1 Å². The SMILES string of the molecule is COc1ccc(C=CC23OCCN2c2ccc(CC(=O)O)cc2C3(C)C)cc1. The number of nitrogens with zero attached hydrogens (tertiary/aromatic N) is 1. The van der Waals surface area contributed by atoms with E-state index in [9.17, 15) is 4.79 Å². The van der Waals surface area contributed by atoms with Gasteiger partial charge >= 0.3 is 5.97 Å². The van der Waals surface area contributed by atoms with Crippen LogP contribution in [0.4, 0.5) is 5.69 Å². The Morgan fingerprint density at radius 2 is 2.00 bits per heavy atom. The zero-order chi connectivity index (χ0) is 19.9. The van der Waals surface area contributed by atoms with Crippen molar-refractivity contribution >= 4 is 17.7 Å². The first kappa shape index (κ1) is 18.6. The summed E-state index contributed by atoms with van der Waals surface area (Å²) in [4.78, 5) is 13.4. The Balaban J connectivity index is 1.72. The average molecular weight is 379 g/mol. The van der Waals surface area contributed by atoms with Crippen molar-refractivity contribution in [2.24, 2.45) is 0 Å². The van der Waals surface area contributed by atoms with Gasteiger partial charge in [-0.3, -0.25) is 4.79 Å². The lowest BCUT2D eigenvalue weighted by Gasteiger charge is -2.39. The first-order valence-corrected chi connectivity index (χ1v) is 9.47. The maximum absolute atomic E-state index is 11.1. The Bertz CT molecular complexity index is 932. The fourth-order valence-electron chi connectivity index (χ4n) is 4.42. The number of benzene rings is 2. The lowest BCUT2D eigenvalue weighted by atomic mass is 9.76. The summed E-state index contributed by atoms with van der Waals surface area (Å²) in [6.45, 7) is 5.80. The number of ether oxygens (including phenoxy) is 2. The van der Waals surface area contributed by atoms with Gasteiger partial charge in [0.2, 0.25) is 0 Å². The van der Waals surface area contributed by atoms with Crippen molar-refractivity contribution < 1.29 is 19.4 Å². The zero-order valence-electron chi connectivity index (χ0n) is 16.4. The summed E-state index contributed by atoms with van der Waals surface area (Å²) in [5, 5.41) is 9.15. The zero-order valence-corrected chi connectivity index (χ0v) is 16.4. The summed E-state index contributed by atoms with van der Waals surface area (Å²) in [5.74, 6) is 0.00948. The Morgan fingerprint density at radius 3 is 2.68 bits per heavy atom. The number of aliphatic carboxylic acids is 1. The van der Waals surface area contributed by atoms with Crippen LogP contribution in [-0.4, -0.2) is 37.1 Å². The minimum atomic E-state index is -0.818. The van der Waals surface area contributed by atoms with Crippen LogP contribution in [0.5, 0.6) is 5.75 Å². The summed E-state index contributed by atoms with van der Waals surface area (Å²) in [6.07, 6.45) is 4.25. The van der Waals surface area contributed by atoms with Crippen LogP contribution >= 0.6 is 0 Å². The maximum atomic E-state index is 11.1. The Morgan fingerprint density at radius 1 is 1.25 bits per heavy atom. The molecule has 146 valence electrons. The number of carboxylic acids is 1. The van der Waals surface area contributed by atoms with Gasteiger partial charge < -0.3 is 19.5 Å². The van der Waals surface area contributed by atoms with Crippen LogP contribution in [0.25, 0.3) is 6.08 Å². The molecule has 0 aliphatic carbocycles. The minimum Gasteiger partial charge on any atom is -0.497 e. The van der Waals surface area contributed by atoms with E-state index in [1.54, 1.807) is 7.11 Å². The second-order valence-electron chi connectivity index (χ2n) is 7.85. The highest BCUT2D eigenvalue weighted by Crippen LogP contribution is 2.55. The molecule has 2 heterocycles. The molecule has 1 unspecified atom stereocenters. The Kier molecular flexibility index (Phi) is 4.42. The van der Waals surface area contributed by atoms with Crippen molar-refractivity contribution in [1.29, 1.82) is 0 Å². The number of methoxy groups -OCH3 is 1. The van der Waals surface area contributed by atoms with Gasteiger partial charge in [0.15, 0.2) is 5.72 Å². The normalized spacial score (nSPS) is 22.3. The average Bonchev–Trinajstić information content (AvgIpc) is 3.18. The molecule has 2 aromatic rings. The van der Waals surface area contributed by atoms with Crippen LogP contribution in [0.1, 0.15) is 30.5 Å². The Labute approximate surface area is 165 Å². The summed E-state index contributed by atoms with van der Waals surface area (Å²) in [7, 11) is 1.66. The molecule has 0 aromatic heterocycles. The summed E-state index contributed by atoms with van der Waals surface area (Å²) in [6, 6.07) is 13.9. The number of hydrogen-bond acceptors (Lipinski definition) is 4. The molecule has 1 fully saturated rings. The fourth-order valence-corrected chi connectivity index (χ4v) is 4.42. The van der Waals surface area contributed by atoms with E-state index < -0.39 is 11.7 Å². The highest BCUT2D eigenvalue weighted by molar-refractivity contribution is 5.74. The largest absolute Gasteiger partial charge is 0.497 e. The van der Waals surface area contributed by atoms with E-state index in [2.05, 4.69) is 30.9 Å². The highest BCUT2D eigenvalue weighted by Gasteiger charge is 2.59. The lowest BCUT2D eigenvalue weighted by Crippen LogP contribution is -2.51. The van der Waals surface area contributed by atoms with Gasteiger partial charge in [-0.1, -0.05) is 44.2 Å². The third kappa shape index (κ3) is 2.78. The number of anilines is 1. The van der Waals surface area contributed by atoms with Crippen molar-refractivity contribution in [2.45, 2.75) is 31.4 Å². The second kappa shape index (κ2) is 6.67. The third-order valence-electron chi connectivity index (χ3n) is 5.93. The fraction of sp³-hybridized carbons (Fsp3) is 0.348. The number of hydrogen-bond donors (Lipinski definition) is 1. The molecule has 5 heteroatoms. The van der Waals surface area contributed by atoms with Crippen LogP contribution in [0, 0.1) is 0 Å². The number of carbonyl (C=O) groups is 1. The van der Waals surface area contributed by atoms with E-state index in [1.165, 1.54) is 0 Å². The summed E-state index contributed by atoms with van der Waals surface area (Å²) < 4.78 is 11.6. The van der Waals surface area contributed by atoms with Crippen LogP contribution < -0.4 is 9.64 Å². The van der Waals surface area contributed by atoms with Crippen LogP contribution in [0.15, 0.2) is 48.5 Å². The molecule has 0 radical (unpaired) electrons. The van der Waals surface area contributed by atoms with Gasteiger partial charge in [0.1, 0.15) is 5.75 Å². The van der Waals surface area contributed by atoms with Gasteiger partial charge in [-0.25, -0.2) is 0 Å². The molecule has 4 rings (SSSR count). The van der Waals surface area contributed by atoms with Crippen LogP contribution in [0.3, 0.4) is 0 Å². The molecule has 1 saturated heterocycles. The van der Waals surface area contributed by atoms with E-state index in [4.69, 9.17) is 14.6 Å². The van der Waals surface area contributed by atoms with E-state index >= 15 is 0 Å². The molecule has 2 aliphatic heterocycles. The number of rotatable bonds is 5. The first-order valence-electron chi connectivity index (χ1n) is 9.47. The Hall–Kier alpha value is -2.79. The van der Waals surface area contributed by atoms with E-state index in [1.807, 2.05) is 42.5 Å². The highest BCUT2D eigenvalue weighted by atomic mass is 16.5. The van der Waals surface area contributed by atoms with Crippen molar-refractivity contribution in [3.05, 3.63) is 65.2 Å². The molecule has 28 heavy (non-hydrogen) atoms. The van der Waals surface area contributed by atoms with E-state index in [0.717, 1.165) is 34.7 Å². The molecular formula is C23H25NO4. The topological polar surface area (TPSA) is 59.0 Å². The van der Waals surface area contributed by atoms with Gasteiger partial charge in [-0.15, -0.1) is 0 Å². The second-order valence-corrected chi connectivity index (χ2v) is 7.85. The van der Waals surface area contributed by atoms with Crippen LogP contribution in [0.2, 0.25) is 0 Å². The number of carboxylic acid groups (broad SMARTS) is 1. The summed E-state index contributed by atoms with van der Waals surface area (Å²) >= 11 is 0.